The number of amides is 1. The molecular formula is C19H24F4N2O3. The first kappa shape index (κ1) is 22.1. The molecule has 1 saturated carbocycles. The van der Waals surface area contributed by atoms with Gasteiger partial charge in [-0.1, -0.05) is 12.5 Å². The molecule has 1 heterocycles. The zero-order valence-electron chi connectivity index (χ0n) is 15.5. The molecule has 2 atom stereocenters. The summed E-state index contributed by atoms with van der Waals surface area (Å²) in [6.45, 7) is 2.21. The minimum atomic E-state index is -5.08. The number of carbonyl (C=O) groups is 2. The first-order valence-electron chi connectivity index (χ1n) is 9.10. The van der Waals surface area contributed by atoms with Crippen molar-refractivity contribution >= 4 is 17.6 Å². The van der Waals surface area contributed by atoms with Crippen LogP contribution in [0, 0.1) is 23.6 Å². The van der Waals surface area contributed by atoms with E-state index in [-0.39, 0.29) is 11.7 Å². The predicted molar refractivity (Wildman–Crippen MR) is 95.2 cm³/mol. The van der Waals surface area contributed by atoms with Crippen LogP contribution in [0.1, 0.15) is 25.7 Å². The summed E-state index contributed by atoms with van der Waals surface area (Å²) >= 11 is 0. The van der Waals surface area contributed by atoms with Crippen molar-refractivity contribution in [3.8, 4) is 0 Å². The Morgan fingerprint density at radius 3 is 2.29 bits per heavy atom. The van der Waals surface area contributed by atoms with Crippen molar-refractivity contribution in [2.24, 2.45) is 17.8 Å². The highest BCUT2D eigenvalue weighted by molar-refractivity contribution is 5.90. The molecule has 1 aromatic carbocycles. The number of benzene rings is 1. The van der Waals surface area contributed by atoms with Crippen molar-refractivity contribution < 1.29 is 32.3 Å². The van der Waals surface area contributed by atoms with Crippen LogP contribution in [0.25, 0.3) is 0 Å². The lowest BCUT2D eigenvalue weighted by molar-refractivity contribution is -0.192. The number of rotatable bonds is 3. The van der Waals surface area contributed by atoms with Gasteiger partial charge in [0.1, 0.15) is 5.82 Å². The molecule has 2 aliphatic rings. The Bertz CT molecular complexity index is 682. The van der Waals surface area contributed by atoms with E-state index in [4.69, 9.17) is 9.90 Å². The average molecular weight is 404 g/mol. The van der Waals surface area contributed by atoms with E-state index >= 15 is 0 Å². The molecule has 1 aliphatic heterocycles. The van der Waals surface area contributed by atoms with E-state index in [1.54, 1.807) is 12.1 Å². The van der Waals surface area contributed by atoms with Crippen LogP contribution < -0.4 is 5.32 Å². The molecule has 1 amide bonds. The molecule has 2 fully saturated rings. The summed E-state index contributed by atoms with van der Waals surface area (Å²) in [5.41, 5.74) is 0.554. The summed E-state index contributed by atoms with van der Waals surface area (Å²) in [7, 11) is 2.17. The van der Waals surface area contributed by atoms with Gasteiger partial charge in [-0.05, 0) is 55.8 Å². The van der Waals surface area contributed by atoms with Gasteiger partial charge in [0.15, 0.2) is 0 Å². The van der Waals surface area contributed by atoms with Gasteiger partial charge in [-0.15, -0.1) is 0 Å². The number of nitrogens with one attached hydrogen (secondary N) is 1. The molecule has 156 valence electrons. The largest absolute Gasteiger partial charge is 0.490 e. The quantitative estimate of drug-likeness (QED) is 0.753. The van der Waals surface area contributed by atoms with Gasteiger partial charge in [0.25, 0.3) is 0 Å². The fourth-order valence-electron chi connectivity index (χ4n) is 4.11. The number of hydrogen-bond acceptors (Lipinski definition) is 3. The average Bonchev–Trinajstić information content (AvgIpc) is 2.55. The number of carbonyl (C=O) groups excluding carboxylic acids is 1. The van der Waals surface area contributed by atoms with Gasteiger partial charge in [0.05, 0.1) is 0 Å². The number of carboxylic acid groups (broad SMARTS) is 1. The van der Waals surface area contributed by atoms with Gasteiger partial charge < -0.3 is 15.3 Å². The fourth-order valence-corrected chi connectivity index (χ4v) is 4.11. The first-order chi connectivity index (χ1) is 13.1. The number of likely N-dealkylation sites (tertiary alicyclic amines) is 1. The second-order valence-electron chi connectivity index (χ2n) is 7.40. The number of anilines is 1. The van der Waals surface area contributed by atoms with Crippen molar-refractivity contribution in [1.82, 2.24) is 4.90 Å². The standard InChI is InChI=1S/C17H23FN2O.C2HF3O2/c1-20-10-12-4-2-5-13(11-20)16(12)9-17(21)19-15-7-3-6-14(18)8-15;3-2(4,5)1(6)7/h3,6-8,12-13,16H,2,4-5,9-11H2,1H3,(H,19,21);(H,6,7). The third kappa shape index (κ3) is 6.47. The van der Waals surface area contributed by atoms with Crippen LogP contribution >= 0.6 is 0 Å². The lowest BCUT2D eigenvalue weighted by atomic mass is 9.67. The Labute approximate surface area is 160 Å². The van der Waals surface area contributed by atoms with Crippen molar-refractivity contribution in [2.45, 2.75) is 31.9 Å². The highest BCUT2D eigenvalue weighted by Crippen LogP contribution is 2.41. The molecule has 9 heteroatoms. The van der Waals surface area contributed by atoms with Crippen molar-refractivity contribution in [2.75, 3.05) is 25.5 Å². The molecule has 0 radical (unpaired) electrons. The summed E-state index contributed by atoms with van der Waals surface area (Å²) in [5, 5.41) is 9.96. The zero-order chi connectivity index (χ0) is 20.9. The monoisotopic (exact) mass is 404 g/mol. The van der Waals surface area contributed by atoms with Crippen LogP contribution in [-0.4, -0.2) is 48.2 Å². The molecule has 0 spiro atoms. The Morgan fingerprint density at radius 2 is 1.79 bits per heavy atom. The Hall–Kier alpha value is -2.16. The number of carboxylic acids is 1. The van der Waals surface area contributed by atoms with E-state index in [0.717, 1.165) is 13.1 Å². The molecule has 2 N–H and O–H groups in total. The Balaban J connectivity index is 0.000000345. The smallest absolute Gasteiger partial charge is 0.475 e. The van der Waals surface area contributed by atoms with E-state index in [2.05, 4.69) is 17.3 Å². The first-order valence-corrected chi connectivity index (χ1v) is 9.10. The topological polar surface area (TPSA) is 69.6 Å². The van der Waals surface area contributed by atoms with Crippen LogP contribution in [0.4, 0.5) is 23.2 Å². The third-order valence-corrected chi connectivity index (χ3v) is 5.23. The molecule has 2 unspecified atom stereocenters. The van der Waals surface area contributed by atoms with Crippen molar-refractivity contribution in [1.29, 1.82) is 0 Å². The SMILES string of the molecule is CN1CC2CCCC(C1)C2CC(=O)Nc1cccc(F)c1.O=C(O)C(F)(F)F. The van der Waals surface area contributed by atoms with Gasteiger partial charge in [0.2, 0.25) is 5.91 Å². The molecular weight excluding hydrogens is 380 g/mol. The van der Waals surface area contributed by atoms with Gasteiger partial charge in [-0.25, -0.2) is 9.18 Å². The van der Waals surface area contributed by atoms with Crippen LogP contribution in [0.2, 0.25) is 0 Å². The summed E-state index contributed by atoms with van der Waals surface area (Å²) in [6.07, 6.45) is -0.748. The zero-order valence-corrected chi connectivity index (χ0v) is 15.5. The van der Waals surface area contributed by atoms with Crippen LogP contribution in [0.15, 0.2) is 24.3 Å². The molecule has 5 nitrogen and oxygen atoms in total. The summed E-state index contributed by atoms with van der Waals surface area (Å²) in [4.78, 5) is 23.6. The fraction of sp³-hybridized carbons (Fsp3) is 0.579. The van der Waals surface area contributed by atoms with Crippen molar-refractivity contribution in [3.63, 3.8) is 0 Å². The van der Waals surface area contributed by atoms with Crippen LogP contribution in [0.3, 0.4) is 0 Å². The van der Waals surface area contributed by atoms with Crippen LogP contribution in [0.5, 0.6) is 0 Å². The lowest BCUT2D eigenvalue weighted by Crippen LogP contribution is -2.47. The number of aliphatic carboxylic acids is 1. The minimum Gasteiger partial charge on any atom is -0.475 e. The molecule has 28 heavy (non-hydrogen) atoms. The van der Waals surface area contributed by atoms with Gasteiger partial charge in [-0.3, -0.25) is 4.79 Å². The predicted octanol–water partition coefficient (Wildman–Crippen LogP) is 3.77. The van der Waals surface area contributed by atoms with E-state index in [0.29, 0.717) is 29.9 Å². The molecule has 1 aliphatic carbocycles. The number of hydrogen-bond donors (Lipinski definition) is 2. The molecule has 1 saturated heterocycles. The van der Waals surface area contributed by atoms with E-state index in [1.807, 2.05) is 0 Å². The van der Waals surface area contributed by atoms with E-state index in [9.17, 15) is 22.4 Å². The number of alkyl halides is 3. The maximum Gasteiger partial charge on any atom is 0.490 e. The molecule has 1 aromatic rings. The Kier molecular flexibility index (Phi) is 7.40. The Morgan fingerprint density at radius 1 is 1.21 bits per heavy atom. The number of nitrogens with zero attached hydrogens (tertiary/aromatic N) is 1. The van der Waals surface area contributed by atoms with Crippen LogP contribution in [-0.2, 0) is 9.59 Å². The van der Waals surface area contributed by atoms with Gasteiger partial charge in [-0.2, -0.15) is 13.2 Å². The molecule has 3 rings (SSSR count). The second kappa shape index (κ2) is 9.36. The molecule has 2 bridgehead atoms. The highest BCUT2D eigenvalue weighted by atomic mass is 19.4. The maximum absolute atomic E-state index is 13.2. The highest BCUT2D eigenvalue weighted by Gasteiger charge is 2.39. The summed E-state index contributed by atoms with van der Waals surface area (Å²) < 4.78 is 44.9. The van der Waals surface area contributed by atoms with Gasteiger partial charge in [0, 0.05) is 25.2 Å². The number of piperidine rings is 1. The van der Waals surface area contributed by atoms with E-state index < -0.39 is 12.1 Å². The third-order valence-electron chi connectivity index (χ3n) is 5.23. The van der Waals surface area contributed by atoms with E-state index in [1.165, 1.54) is 31.4 Å². The van der Waals surface area contributed by atoms with Crippen molar-refractivity contribution in [3.05, 3.63) is 30.1 Å². The molecule has 0 aromatic heterocycles. The summed E-state index contributed by atoms with van der Waals surface area (Å²) in [5.74, 6) is -1.28. The summed E-state index contributed by atoms with van der Waals surface area (Å²) in [6, 6.07) is 6.11. The van der Waals surface area contributed by atoms with Gasteiger partial charge >= 0.3 is 12.1 Å². The lowest BCUT2D eigenvalue weighted by Gasteiger charge is -2.46. The minimum absolute atomic E-state index is 0.0204. The maximum atomic E-state index is 13.2. The normalized spacial score (nSPS) is 24.7. The second-order valence-corrected chi connectivity index (χ2v) is 7.40. The number of halogens is 4. The number of fused-ring (bicyclic) bond motifs is 2.